The summed E-state index contributed by atoms with van der Waals surface area (Å²) in [6, 6.07) is 11.7. The molecule has 0 aliphatic carbocycles. The zero-order valence-corrected chi connectivity index (χ0v) is 13.4. The molecular formula is C15H17ClN2O2S. The minimum atomic E-state index is -3.62. The van der Waals surface area contributed by atoms with E-state index < -0.39 is 10.0 Å². The van der Waals surface area contributed by atoms with E-state index in [0.29, 0.717) is 17.3 Å². The van der Waals surface area contributed by atoms with E-state index in [1.807, 2.05) is 14.0 Å². The first kappa shape index (κ1) is 15.8. The average Bonchev–Trinajstić information content (AvgIpc) is 2.41. The van der Waals surface area contributed by atoms with Gasteiger partial charge >= 0.3 is 0 Å². The topological polar surface area (TPSA) is 58.2 Å². The van der Waals surface area contributed by atoms with Crippen molar-refractivity contribution in [3.8, 4) is 0 Å². The summed E-state index contributed by atoms with van der Waals surface area (Å²) in [5, 5.41) is 3.51. The number of aryl methyl sites for hydroxylation is 1. The fourth-order valence-electron chi connectivity index (χ4n) is 1.96. The molecule has 112 valence electrons. The van der Waals surface area contributed by atoms with Gasteiger partial charge < -0.3 is 5.32 Å². The molecule has 0 saturated heterocycles. The number of hydrogen-bond acceptors (Lipinski definition) is 3. The molecule has 0 aromatic heterocycles. The Balaban J connectivity index is 2.33. The fraction of sp³-hybridized carbons (Fsp3) is 0.200. The average molecular weight is 325 g/mol. The molecular weight excluding hydrogens is 308 g/mol. The number of hydrogen-bond donors (Lipinski definition) is 2. The van der Waals surface area contributed by atoms with Gasteiger partial charge in [-0.05, 0) is 55.4 Å². The number of nitrogens with one attached hydrogen (secondary N) is 2. The number of rotatable bonds is 5. The van der Waals surface area contributed by atoms with Gasteiger partial charge in [0.25, 0.3) is 10.0 Å². The predicted molar refractivity (Wildman–Crippen MR) is 86.2 cm³/mol. The Kier molecular flexibility index (Phi) is 4.88. The summed E-state index contributed by atoms with van der Waals surface area (Å²) in [7, 11) is -1.80. The molecule has 0 heterocycles. The number of anilines is 1. The van der Waals surface area contributed by atoms with Gasteiger partial charge in [-0.25, -0.2) is 8.42 Å². The predicted octanol–water partition coefficient (Wildman–Crippen LogP) is 3.17. The SMILES string of the molecule is CNCc1cc(S(=O)(=O)Nc2cccc(Cl)c2)ccc1C. The summed E-state index contributed by atoms with van der Waals surface area (Å²) < 4.78 is 27.3. The van der Waals surface area contributed by atoms with Crippen LogP contribution in [0.1, 0.15) is 11.1 Å². The minimum absolute atomic E-state index is 0.235. The van der Waals surface area contributed by atoms with E-state index in [9.17, 15) is 8.42 Å². The lowest BCUT2D eigenvalue weighted by atomic mass is 10.1. The van der Waals surface area contributed by atoms with Crippen LogP contribution in [0.15, 0.2) is 47.4 Å². The van der Waals surface area contributed by atoms with Crippen molar-refractivity contribution in [2.45, 2.75) is 18.4 Å². The molecule has 0 unspecified atom stereocenters. The van der Waals surface area contributed by atoms with Crippen LogP contribution in [-0.4, -0.2) is 15.5 Å². The molecule has 0 radical (unpaired) electrons. The van der Waals surface area contributed by atoms with E-state index in [1.165, 1.54) is 0 Å². The first-order chi connectivity index (χ1) is 9.92. The van der Waals surface area contributed by atoms with E-state index in [2.05, 4.69) is 10.0 Å². The second-order valence-electron chi connectivity index (χ2n) is 4.73. The Bertz CT molecular complexity index is 745. The molecule has 0 atom stereocenters. The number of halogens is 1. The second kappa shape index (κ2) is 6.47. The molecule has 2 aromatic carbocycles. The smallest absolute Gasteiger partial charge is 0.261 e. The fourth-order valence-corrected chi connectivity index (χ4v) is 3.25. The van der Waals surface area contributed by atoms with Gasteiger partial charge in [0, 0.05) is 11.6 Å². The van der Waals surface area contributed by atoms with Gasteiger partial charge in [0.05, 0.1) is 10.6 Å². The van der Waals surface area contributed by atoms with Gasteiger partial charge in [-0.15, -0.1) is 0 Å². The van der Waals surface area contributed by atoms with Crippen LogP contribution < -0.4 is 10.0 Å². The molecule has 0 bridgehead atoms. The summed E-state index contributed by atoms with van der Waals surface area (Å²) >= 11 is 5.86. The highest BCUT2D eigenvalue weighted by atomic mass is 35.5. The van der Waals surface area contributed by atoms with E-state index in [-0.39, 0.29) is 4.90 Å². The lowest BCUT2D eigenvalue weighted by Crippen LogP contribution is -2.14. The summed E-state index contributed by atoms with van der Waals surface area (Å²) in [4.78, 5) is 0.235. The summed E-state index contributed by atoms with van der Waals surface area (Å²) in [5.41, 5.74) is 2.44. The van der Waals surface area contributed by atoms with Crippen molar-refractivity contribution < 1.29 is 8.42 Å². The van der Waals surface area contributed by atoms with Crippen molar-refractivity contribution in [1.82, 2.24) is 5.32 Å². The first-order valence-corrected chi connectivity index (χ1v) is 8.31. The van der Waals surface area contributed by atoms with E-state index >= 15 is 0 Å². The van der Waals surface area contributed by atoms with Crippen molar-refractivity contribution in [2.24, 2.45) is 0 Å². The third-order valence-corrected chi connectivity index (χ3v) is 4.69. The van der Waals surface area contributed by atoms with E-state index in [1.54, 1.807) is 42.5 Å². The summed E-state index contributed by atoms with van der Waals surface area (Å²) in [6.07, 6.45) is 0. The van der Waals surface area contributed by atoms with Crippen LogP contribution in [0.3, 0.4) is 0 Å². The standard InChI is InChI=1S/C15H17ClN2O2S/c1-11-6-7-15(8-12(11)10-17-2)21(19,20)18-14-5-3-4-13(16)9-14/h3-9,17-18H,10H2,1-2H3. The Morgan fingerprint density at radius 2 is 1.90 bits per heavy atom. The number of sulfonamides is 1. The maximum atomic E-state index is 12.4. The van der Waals surface area contributed by atoms with Crippen LogP contribution in [0.4, 0.5) is 5.69 Å². The maximum absolute atomic E-state index is 12.4. The molecule has 0 saturated carbocycles. The minimum Gasteiger partial charge on any atom is -0.316 e. The lowest BCUT2D eigenvalue weighted by molar-refractivity contribution is 0.601. The quantitative estimate of drug-likeness (QED) is 0.888. The summed E-state index contributed by atoms with van der Waals surface area (Å²) in [5.74, 6) is 0. The Morgan fingerprint density at radius 3 is 2.57 bits per heavy atom. The highest BCUT2D eigenvalue weighted by Crippen LogP contribution is 2.21. The molecule has 4 nitrogen and oxygen atoms in total. The van der Waals surface area contributed by atoms with E-state index in [0.717, 1.165) is 11.1 Å². The third-order valence-electron chi connectivity index (χ3n) is 3.07. The zero-order valence-electron chi connectivity index (χ0n) is 11.9. The highest BCUT2D eigenvalue weighted by Gasteiger charge is 2.15. The maximum Gasteiger partial charge on any atom is 0.261 e. The Hall–Kier alpha value is -1.56. The molecule has 0 fully saturated rings. The van der Waals surface area contributed by atoms with Crippen molar-refractivity contribution in [2.75, 3.05) is 11.8 Å². The highest BCUT2D eigenvalue weighted by molar-refractivity contribution is 7.92. The number of benzene rings is 2. The van der Waals surface area contributed by atoms with Gasteiger partial charge in [0.2, 0.25) is 0 Å². The second-order valence-corrected chi connectivity index (χ2v) is 6.85. The van der Waals surface area contributed by atoms with Gasteiger partial charge in [0.15, 0.2) is 0 Å². The van der Waals surface area contributed by atoms with Crippen LogP contribution >= 0.6 is 11.6 Å². The molecule has 6 heteroatoms. The molecule has 0 spiro atoms. The van der Waals surface area contributed by atoms with Gasteiger partial charge in [-0.2, -0.15) is 0 Å². The van der Waals surface area contributed by atoms with Crippen LogP contribution in [0.5, 0.6) is 0 Å². The van der Waals surface area contributed by atoms with Crippen LogP contribution in [-0.2, 0) is 16.6 Å². The molecule has 2 aromatic rings. The van der Waals surface area contributed by atoms with E-state index in [4.69, 9.17) is 11.6 Å². The first-order valence-electron chi connectivity index (χ1n) is 6.45. The largest absolute Gasteiger partial charge is 0.316 e. The van der Waals surface area contributed by atoms with Crippen LogP contribution in [0.25, 0.3) is 0 Å². The van der Waals surface area contributed by atoms with Crippen molar-refractivity contribution in [3.63, 3.8) is 0 Å². The molecule has 0 aliphatic heterocycles. The molecule has 0 aliphatic rings. The van der Waals surface area contributed by atoms with Crippen molar-refractivity contribution in [3.05, 3.63) is 58.6 Å². The van der Waals surface area contributed by atoms with Crippen molar-refractivity contribution >= 4 is 27.3 Å². The summed E-state index contributed by atoms with van der Waals surface area (Å²) in [6.45, 7) is 2.57. The normalized spacial score (nSPS) is 11.4. The molecule has 0 amide bonds. The van der Waals surface area contributed by atoms with Crippen LogP contribution in [0.2, 0.25) is 5.02 Å². The van der Waals surface area contributed by atoms with Gasteiger partial charge in [-0.1, -0.05) is 23.7 Å². The van der Waals surface area contributed by atoms with Crippen molar-refractivity contribution in [1.29, 1.82) is 0 Å². The Labute approximate surface area is 130 Å². The van der Waals surface area contributed by atoms with Gasteiger partial charge in [0.1, 0.15) is 0 Å². The monoisotopic (exact) mass is 324 g/mol. The zero-order chi connectivity index (χ0) is 15.5. The van der Waals surface area contributed by atoms with Gasteiger partial charge in [-0.3, -0.25) is 4.72 Å². The molecule has 21 heavy (non-hydrogen) atoms. The Morgan fingerprint density at radius 1 is 1.14 bits per heavy atom. The molecule has 2 N–H and O–H groups in total. The third kappa shape index (κ3) is 3.97. The molecule has 2 rings (SSSR count). The van der Waals surface area contributed by atoms with Crippen LogP contribution in [0, 0.1) is 6.92 Å². The lowest BCUT2D eigenvalue weighted by Gasteiger charge is -2.11.